The summed E-state index contributed by atoms with van der Waals surface area (Å²) >= 11 is 1.44. The number of nitro benzene ring substituents is 1. The van der Waals surface area contributed by atoms with E-state index in [9.17, 15) is 14.9 Å². The van der Waals surface area contributed by atoms with Crippen molar-refractivity contribution in [3.8, 4) is 0 Å². The van der Waals surface area contributed by atoms with Gasteiger partial charge in [0.15, 0.2) is 0 Å². The van der Waals surface area contributed by atoms with Gasteiger partial charge in [0.1, 0.15) is 5.69 Å². The van der Waals surface area contributed by atoms with Crippen molar-refractivity contribution >= 4 is 23.4 Å². The molecule has 0 spiro atoms. The standard InChI is InChI=1S/C14H12N2O4S/c17-14(18)12-9-11(5-7-15-12)21-8-6-10-3-1-2-4-13(10)16(19)20/h1-5,7,9H,6,8H2,(H,17,18). The van der Waals surface area contributed by atoms with E-state index in [0.717, 1.165) is 4.90 Å². The molecule has 0 aliphatic rings. The lowest BCUT2D eigenvalue weighted by atomic mass is 10.1. The van der Waals surface area contributed by atoms with Gasteiger partial charge in [-0.1, -0.05) is 18.2 Å². The number of nitrogens with zero attached hydrogens (tertiary/aromatic N) is 2. The molecular formula is C14H12N2O4S. The Hall–Kier alpha value is -2.41. The number of carbonyl (C=O) groups is 1. The van der Waals surface area contributed by atoms with Crippen LogP contribution in [0, 0.1) is 10.1 Å². The zero-order chi connectivity index (χ0) is 15.2. The number of rotatable bonds is 6. The third-order valence-corrected chi connectivity index (χ3v) is 3.77. The number of hydrogen-bond acceptors (Lipinski definition) is 5. The van der Waals surface area contributed by atoms with Crippen molar-refractivity contribution in [3.05, 3.63) is 64.0 Å². The predicted octanol–water partition coefficient (Wildman–Crippen LogP) is 3.02. The van der Waals surface area contributed by atoms with Crippen molar-refractivity contribution in [1.82, 2.24) is 4.98 Å². The SMILES string of the molecule is O=C(O)c1cc(SCCc2ccccc2[N+](=O)[O-])ccn1. The third kappa shape index (κ3) is 4.03. The molecule has 0 saturated heterocycles. The molecule has 0 fully saturated rings. The van der Waals surface area contributed by atoms with Gasteiger partial charge in [0.05, 0.1) is 4.92 Å². The van der Waals surface area contributed by atoms with Crippen LogP contribution in [0.25, 0.3) is 0 Å². The summed E-state index contributed by atoms with van der Waals surface area (Å²) in [5.74, 6) is -0.454. The predicted molar refractivity (Wildman–Crippen MR) is 78.7 cm³/mol. The molecular weight excluding hydrogens is 292 g/mol. The highest BCUT2D eigenvalue weighted by molar-refractivity contribution is 7.99. The normalized spacial score (nSPS) is 10.3. The lowest BCUT2D eigenvalue weighted by Gasteiger charge is -2.04. The van der Waals surface area contributed by atoms with Crippen LogP contribution in [-0.4, -0.2) is 26.7 Å². The Kier molecular flexibility index (Phi) is 4.89. The van der Waals surface area contributed by atoms with Gasteiger partial charge in [-0.2, -0.15) is 0 Å². The molecule has 0 radical (unpaired) electrons. The molecule has 0 amide bonds. The van der Waals surface area contributed by atoms with Gasteiger partial charge < -0.3 is 5.11 Å². The summed E-state index contributed by atoms with van der Waals surface area (Å²) in [6.45, 7) is 0. The van der Waals surface area contributed by atoms with Crippen molar-refractivity contribution in [2.75, 3.05) is 5.75 Å². The largest absolute Gasteiger partial charge is 0.477 e. The minimum Gasteiger partial charge on any atom is -0.477 e. The number of carboxylic acids is 1. The van der Waals surface area contributed by atoms with Crippen LogP contribution >= 0.6 is 11.8 Å². The molecule has 7 heteroatoms. The number of carboxylic acid groups (broad SMARTS) is 1. The van der Waals surface area contributed by atoms with Crippen LogP contribution in [0.2, 0.25) is 0 Å². The second-order valence-corrected chi connectivity index (χ2v) is 5.33. The first-order valence-electron chi connectivity index (χ1n) is 6.12. The van der Waals surface area contributed by atoms with E-state index in [2.05, 4.69) is 4.98 Å². The summed E-state index contributed by atoms with van der Waals surface area (Å²) < 4.78 is 0. The van der Waals surface area contributed by atoms with E-state index >= 15 is 0 Å². The quantitative estimate of drug-likeness (QED) is 0.501. The van der Waals surface area contributed by atoms with Crippen molar-refractivity contribution in [1.29, 1.82) is 0 Å². The molecule has 0 unspecified atom stereocenters. The van der Waals surface area contributed by atoms with Crippen LogP contribution < -0.4 is 0 Å². The number of aromatic carboxylic acids is 1. The second-order valence-electron chi connectivity index (χ2n) is 4.17. The number of nitro groups is 1. The van der Waals surface area contributed by atoms with Gasteiger partial charge in [-0.05, 0) is 18.6 Å². The number of aromatic nitrogens is 1. The molecule has 2 aromatic rings. The van der Waals surface area contributed by atoms with Gasteiger partial charge in [-0.3, -0.25) is 10.1 Å². The highest BCUT2D eigenvalue weighted by Gasteiger charge is 2.12. The van der Waals surface area contributed by atoms with E-state index in [4.69, 9.17) is 5.11 Å². The first-order chi connectivity index (χ1) is 10.1. The molecule has 0 bridgehead atoms. The minimum atomic E-state index is -1.07. The van der Waals surface area contributed by atoms with Gasteiger partial charge in [-0.25, -0.2) is 9.78 Å². The summed E-state index contributed by atoms with van der Waals surface area (Å²) in [7, 11) is 0. The lowest BCUT2D eigenvalue weighted by Crippen LogP contribution is -2.00. The Balaban J connectivity index is 2.00. The van der Waals surface area contributed by atoms with Gasteiger partial charge in [0, 0.05) is 28.5 Å². The lowest BCUT2D eigenvalue weighted by molar-refractivity contribution is -0.385. The molecule has 1 N–H and O–H groups in total. The fourth-order valence-electron chi connectivity index (χ4n) is 1.80. The fraction of sp³-hybridized carbons (Fsp3) is 0.143. The molecule has 0 saturated carbocycles. The van der Waals surface area contributed by atoms with Crippen LogP contribution in [0.1, 0.15) is 16.1 Å². The van der Waals surface area contributed by atoms with E-state index in [1.54, 1.807) is 24.3 Å². The zero-order valence-electron chi connectivity index (χ0n) is 10.9. The van der Waals surface area contributed by atoms with Gasteiger partial charge in [-0.15, -0.1) is 11.8 Å². The van der Waals surface area contributed by atoms with Gasteiger partial charge in [0.25, 0.3) is 5.69 Å². The molecule has 21 heavy (non-hydrogen) atoms. The van der Waals surface area contributed by atoms with E-state index in [0.29, 0.717) is 17.7 Å². The first kappa shape index (κ1) is 15.0. The topological polar surface area (TPSA) is 93.3 Å². The van der Waals surface area contributed by atoms with Gasteiger partial charge >= 0.3 is 5.97 Å². The van der Waals surface area contributed by atoms with Crippen LogP contribution in [0.15, 0.2) is 47.5 Å². The van der Waals surface area contributed by atoms with E-state index in [1.165, 1.54) is 30.1 Å². The average Bonchev–Trinajstić information content (AvgIpc) is 2.48. The molecule has 6 nitrogen and oxygen atoms in total. The van der Waals surface area contributed by atoms with Crippen molar-refractivity contribution in [2.45, 2.75) is 11.3 Å². The average molecular weight is 304 g/mol. The maximum absolute atomic E-state index is 10.9. The minimum absolute atomic E-state index is 0.00862. The Bertz CT molecular complexity index is 676. The molecule has 2 rings (SSSR count). The Labute approximate surface area is 125 Å². The molecule has 0 atom stereocenters. The molecule has 0 aliphatic heterocycles. The van der Waals surface area contributed by atoms with Crippen molar-refractivity contribution in [3.63, 3.8) is 0 Å². The number of pyridine rings is 1. The zero-order valence-corrected chi connectivity index (χ0v) is 11.7. The summed E-state index contributed by atoms with van der Waals surface area (Å²) in [5.41, 5.74) is 0.771. The molecule has 1 heterocycles. The highest BCUT2D eigenvalue weighted by Crippen LogP contribution is 2.23. The monoisotopic (exact) mass is 304 g/mol. The summed E-state index contributed by atoms with van der Waals surface area (Å²) in [6.07, 6.45) is 1.98. The number of aryl methyl sites for hydroxylation is 1. The van der Waals surface area contributed by atoms with Crippen LogP contribution in [-0.2, 0) is 6.42 Å². The first-order valence-corrected chi connectivity index (χ1v) is 7.11. The summed E-state index contributed by atoms with van der Waals surface area (Å²) in [6, 6.07) is 9.82. The molecule has 1 aromatic heterocycles. The molecule has 1 aromatic carbocycles. The number of thioether (sulfide) groups is 1. The molecule has 108 valence electrons. The number of benzene rings is 1. The van der Waals surface area contributed by atoms with Crippen LogP contribution in [0.3, 0.4) is 0 Å². The Morgan fingerprint density at radius 3 is 2.81 bits per heavy atom. The third-order valence-electron chi connectivity index (χ3n) is 2.78. The fourth-order valence-corrected chi connectivity index (χ4v) is 2.71. The maximum atomic E-state index is 10.9. The number of hydrogen-bond donors (Lipinski definition) is 1. The van der Waals surface area contributed by atoms with Crippen molar-refractivity contribution < 1.29 is 14.8 Å². The van der Waals surface area contributed by atoms with E-state index in [-0.39, 0.29) is 11.4 Å². The van der Waals surface area contributed by atoms with Crippen LogP contribution in [0.5, 0.6) is 0 Å². The van der Waals surface area contributed by atoms with E-state index < -0.39 is 10.9 Å². The van der Waals surface area contributed by atoms with Crippen molar-refractivity contribution in [2.24, 2.45) is 0 Å². The van der Waals surface area contributed by atoms with Crippen LogP contribution in [0.4, 0.5) is 5.69 Å². The Morgan fingerprint density at radius 2 is 2.10 bits per heavy atom. The highest BCUT2D eigenvalue weighted by atomic mass is 32.2. The Morgan fingerprint density at radius 1 is 1.33 bits per heavy atom. The maximum Gasteiger partial charge on any atom is 0.354 e. The summed E-state index contributed by atoms with van der Waals surface area (Å²) in [5, 5.41) is 19.8. The number of para-hydroxylation sites is 1. The smallest absolute Gasteiger partial charge is 0.354 e. The van der Waals surface area contributed by atoms with Gasteiger partial charge in [0.2, 0.25) is 0 Å². The molecule has 0 aliphatic carbocycles. The summed E-state index contributed by atoms with van der Waals surface area (Å²) in [4.78, 5) is 25.8. The van der Waals surface area contributed by atoms with E-state index in [1.807, 2.05) is 0 Å². The second kappa shape index (κ2) is 6.85.